The molecule has 6 N–H and O–H groups in total. The number of benzene rings is 2. The van der Waals surface area contributed by atoms with Gasteiger partial charge in [0.25, 0.3) is 0 Å². The summed E-state index contributed by atoms with van der Waals surface area (Å²) in [5, 5.41) is 6.12. The monoisotopic (exact) mass is 272 g/mol. The highest BCUT2D eigenvalue weighted by Gasteiger charge is 1.89. The molecule has 0 aliphatic heterocycles. The van der Waals surface area contributed by atoms with Gasteiger partial charge in [0, 0.05) is 38.6 Å². The lowest BCUT2D eigenvalue weighted by Gasteiger charge is -2.02. The van der Waals surface area contributed by atoms with Crippen LogP contribution in [0.3, 0.4) is 0 Å². The highest BCUT2D eigenvalue weighted by Crippen LogP contribution is 2.12. The molecule has 0 aliphatic rings. The maximum Gasteiger partial charge on any atom is 0.0358 e. The van der Waals surface area contributed by atoms with Gasteiger partial charge in [0.05, 0.1) is 0 Å². The highest BCUT2D eigenvalue weighted by molar-refractivity contribution is 5.55. The molecule has 2 aromatic carbocycles. The van der Waals surface area contributed by atoms with Gasteiger partial charge in [0.15, 0.2) is 0 Å². The largest absolute Gasteiger partial charge is 0.388 e. The summed E-state index contributed by atoms with van der Waals surface area (Å²) < 4.78 is 0. The molecule has 0 unspecified atom stereocenters. The molecule has 4 heteroatoms. The Morgan fingerprint density at radius 3 is 1.45 bits per heavy atom. The molecule has 0 radical (unpaired) electrons. The second kappa shape index (κ2) is 8.96. The third-order valence-corrected chi connectivity index (χ3v) is 2.93. The molecule has 0 aliphatic carbocycles. The Kier molecular flexibility index (Phi) is 7.17. The van der Waals surface area contributed by atoms with Crippen molar-refractivity contribution < 1.29 is 0 Å². The summed E-state index contributed by atoms with van der Waals surface area (Å²) in [5.41, 5.74) is 15.4. The summed E-state index contributed by atoms with van der Waals surface area (Å²) in [6.07, 6.45) is 0. The van der Waals surface area contributed by atoms with Gasteiger partial charge in [0.2, 0.25) is 0 Å². The Morgan fingerprint density at radius 1 is 0.750 bits per heavy atom. The van der Waals surface area contributed by atoms with Crippen LogP contribution in [0.1, 0.15) is 11.1 Å². The van der Waals surface area contributed by atoms with E-state index in [1.807, 2.05) is 56.6 Å². The number of anilines is 2. The zero-order chi connectivity index (χ0) is 14.8. The minimum absolute atomic E-state index is 0.602. The average Bonchev–Trinajstić information content (AvgIpc) is 2.55. The van der Waals surface area contributed by atoms with Crippen LogP contribution in [0.15, 0.2) is 48.5 Å². The molecule has 0 heterocycles. The van der Waals surface area contributed by atoms with Crippen molar-refractivity contribution in [3.05, 3.63) is 59.7 Å². The third-order valence-electron chi connectivity index (χ3n) is 2.93. The molecule has 0 bridgehead atoms. The second-order valence-corrected chi connectivity index (χ2v) is 4.31. The molecule has 0 spiro atoms. The van der Waals surface area contributed by atoms with E-state index in [0.717, 1.165) is 22.5 Å². The summed E-state index contributed by atoms with van der Waals surface area (Å²) in [5.74, 6) is 0. The maximum atomic E-state index is 5.41. The Labute approximate surface area is 121 Å². The minimum Gasteiger partial charge on any atom is -0.388 e. The van der Waals surface area contributed by atoms with Crippen LogP contribution in [0, 0.1) is 0 Å². The molecule has 0 saturated carbocycles. The molecule has 20 heavy (non-hydrogen) atoms. The number of nitrogens with one attached hydrogen (secondary N) is 2. The number of nitrogens with two attached hydrogens (primary N) is 2. The van der Waals surface area contributed by atoms with Gasteiger partial charge >= 0.3 is 0 Å². The third kappa shape index (κ3) is 5.30. The molecule has 4 nitrogen and oxygen atoms in total. The molecule has 108 valence electrons. The average molecular weight is 272 g/mol. The zero-order valence-corrected chi connectivity index (χ0v) is 12.2. The van der Waals surface area contributed by atoms with E-state index in [9.17, 15) is 0 Å². The molecule has 0 atom stereocenters. The smallest absolute Gasteiger partial charge is 0.0358 e. The first kappa shape index (κ1) is 16.0. The maximum absolute atomic E-state index is 5.41. The van der Waals surface area contributed by atoms with Crippen LogP contribution >= 0.6 is 0 Å². The van der Waals surface area contributed by atoms with Crippen LogP contribution in [0.25, 0.3) is 0 Å². The zero-order valence-electron chi connectivity index (χ0n) is 12.2. The quantitative estimate of drug-likeness (QED) is 0.689. The summed E-state index contributed by atoms with van der Waals surface area (Å²) >= 11 is 0. The summed E-state index contributed by atoms with van der Waals surface area (Å²) in [6, 6.07) is 16.1. The Balaban J connectivity index is 0.000000200. The number of rotatable bonds is 4. The summed E-state index contributed by atoms with van der Waals surface area (Å²) in [7, 11) is 3.82. The fourth-order valence-corrected chi connectivity index (χ4v) is 1.64. The molecule has 0 fully saturated rings. The van der Waals surface area contributed by atoms with Crippen molar-refractivity contribution in [2.45, 2.75) is 13.1 Å². The van der Waals surface area contributed by atoms with Crippen LogP contribution in [0.5, 0.6) is 0 Å². The predicted octanol–water partition coefficient (Wildman–Crippen LogP) is 2.37. The Bertz CT molecular complexity index is 452. The standard InChI is InChI=1S/2C8H12N2/c1-9-7-4-3-5-8(6-7)10-2;9-5-7-1-2-8(6-10)4-3-7/h3-6,9-10H,1-2H3;1-4H,5-6,9-10H2. The summed E-state index contributed by atoms with van der Waals surface area (Å²) in [4.78, 5) is 0. The normalized spacial score (nSPS) is 9.40. The number of hydrogen-bond donors (Lipinski definition) is 4. The van der Waals surface area contributed by atoms with E-state index in [0.29, 0.717) is 13.1 Å². The molecular formula is C16H24N4. The lowest BCUT2D eigenvalue weighted by Crippen LogP contribution is -1.98. The van der Waals surface area contributed by atoms with Crippen molar-refractivity contribution in [3.8, 4) is 0 Å². The van der Waals surface area contributed by atoms with Crippen LogP contribution in [0.4, 0.5) is 11.4 Å². The molecule has 2 aromatic rings. The van der Waals surface area contributed by atoms with E-state index < -0.39 is 0 Å². The first-order valence-corrected chi connectivity index (χ1v) is 6.67. The summed E-state index contributed by atoms with van der Waals surface area (Å²) in [6.45, 7) is 1.20. The van der Waals surface area contributed by atoms with Crippen molar-refractivity contribution in [1.82, 2.24) is 0 Å². The van der Waals surface area contributed by atoms with Crippen LogP contribution < -0.4 is 22.1 Å². The Hall–Kier alpha value is -2.04. The van der Waals surface area contributed by atoms with Crippen molar-refractivity contribution in [2.24, 2.45) is 11.5 Å². The topological polar surface area (TPSA) is 76.1 Å². The first-order valence-electron chi connectivity index (χ1n) is 6.67. The molecular weight excluding hydrogens is 248 g/mol. The van der Waals surface area contributed by atoms with Crippen LogP contribution in [0.2, 0.25) is 0 Å². The van der Waals surface area contributed by atoms with Gasteiger partial charge < -0.3 is 22.1 Å². The molecule has 0 amide bonds. The fraction of sp³-hybridized carbons (Fsp3) is 0.250. The SMILES string of the molecule is CNc1cccc(NC)c1.NCc1ccc(CN)cc1. The molecule has 2 rings (SSSR count). The van der Waals surface area contributed by atoms with Crippen LogP contribution in [-0.2, 0) is 13.1 Å². The van der Waals surface area contributed by atoms with E-state index in [1.54, 1.807) is 0 Å². The van der Waals surface area contributed by atoms with Gasteiger partial charge in [-0.05, 0) is 29.3 Å². The van der Waals surface area contributed by atoms with Crippen molar-refractivity contribution in [1.29, 1.82) is 0 Å². The second-order valence-electron chi connectivity index (χ2n) is 4.31. The fourth-order valence-electron chi connectivity index (χ4n) is 1.64. The highest BCUT2D eigenvalue weighted by atomic mass is 14.8. The van der Waals surface area contributed by atoms with Crippen LogP contribution in [-0.4, -0.2) is 14.1 Å². The van der Waals surface area contributed by atoms with Crippen molar-refractivity contribution in [3.63, 3.8) is 0 Å². The molecule has 0 aromatic heterocycles. The minimum atomic E-state index is 0.602. The van der Waals surface area contributed by atoms with E-state index >= 15 is 0 Å². The van der Waals surface area contributed by atoms with Crippen molar-refractivity contribution in [2.75, 3.05) is 24.7 Å². The van der Waals surface area contributed by atoms with Gasteiger partial charge in [-0.3, -0.25) is 0 Å². The Morgan fingerprint density at radius 2 is 1.15 bits per heavy atom. The van der Waals surface area contributed by atoms with Gasteiger partial charge in [-0.15, -0.1) is 0 Å². The lowest BCUT2D eigenvalue weighted by atomic mass is 10.1. The van der Waals surface area contributed by atoms with Gasteiger partial charge in [0.1, 0.15) is 0 Å². The van der Waals surface area contributed by atoms with E-state index in [2.05, 4.69) is 16.7 Å². The van der Waals surface area contributed by atoms with Gasteiger partial charge in [-0.1, -0.05) is 30.3 Å². The van der Waals surface area contributed by atoms with Crippen molar-refractivity contribution >= 4 is 11.4 Å². The number of hydrogen-bond acceptors (Lipinski definition) is 4. The lowest BCUT2D eigenvalue weighted by molar-refractivity contribution is 1.04. The van der Waals surface area contributed by atoms with E-state index in [4.69, 9.17) is 11.5 Å². The van der Waals surface area contributed by atoms with E-state index in [1.165, 1.54) is 0 Å². The van der Waals surface area contributed by atoms with E-state index in [-0.39, 0.29) is 0 Å². The van der Waals surface area contributed by atoms with Gasteiger partial charge in [-0.25, -0.2) is 0 Å². The predicted molar refractivity (Wildman–Crippen MR) is 87.8 cm³/mol. The molecule has 0 saturated heterocycles. The van der Waals surface area contributed by atoms with Gasteiger partial charge in [-0.2, -0.15) is 0 Å². The first-order chi connectivity index (χ1) is 9.73.